The number of rotatable bonds is 6. The normalized spacial score (nSPS) is 17.0. The Kier molecular flexibility index (Phi) is 5.95. The van der Waals surface area contributed by atoms with E-state index in [4.69, 9.17) is 4.42 Å². The van der Waals surface area contributed by atoms with Crippen molar-refractivity contribution in [1.29, 1.82) is 0 Å². The van der Waals surface area contributed by atoms with E-state index in [1.54, 1.807) is 34.6 Å². The number of furan rings is 1. The number of nitrogens with zero attached hydrogens (tertiary/aromatic N) is 1. The Morgan fingerprint density at radius 2 is 2.12 bits per heavy atom. The van der Waals surface area contributed by atoms with Crippen LogP contribution in [0.15, 0.2) is 45.2 Å². The number of nitrogens with one attached hydrogen (secondary N) is 1. The maximum Gasteiger partial charge on any atom is 0.252 e. The van der Waals surface area contributed by atoms with Crippen LogP contribution in [0.3, 0.4) is 0 Å². The first kappa shape index (κ1) is 18.9. The van der Waals surface area contributed by atoms with Crippen molar-refractivity contribution in [2.75, 3.05) is 13.1 Å². The number of sulfonamides is 1. The fraction of sp³-hybridized carbons (Fsp3) is 0.389. The summed E-state index contributed by atoms with van der Waals surface area (Å²) in [5, 5.41) is 2.75. The molecule has 3 rings (SSSR count). The summed E-state index contributed by atoms with van der Waals surface area (Å²) >= 11 is 1.21. The SMILES string of the molecule is CC1CCN(S(=O)(=O)c2ccc(CNC(=O)C=Cc3ccco3)s2)CC1. The van der Waals surface area contributed by atoms with Gasteiger partial charge in [-0.25, -0.2) is 8.42 Å². The lowest BCUT2D eigenvalue weighted by atomic mass is 10.0. The fourth-order valence-electron chi connectivity index (χ4n) is 2.72. The molecule has 1 amide bonds. The van der Waals surface area contributed by atoms with Gasteiger partial charge in [0.25, 0.3) is 10.0 Å². The largest absolute Gasteiger partial charge is 0.465 e. The molecule has 2 aromatic rings. The fourth-order valence-corrected chi connectivity index (χ4v) is 5.64. The van der Waals surface area contributed by atoms with Crippen molar-refractivity contribution in [2.45, 2.75) is 30.5 Å². The Labute approximate surface area is 157 Å². The lowest BCUT2D eigenvalue weighted by Gasteiger charge is -2.28. The van der Waals surface area contributed by atoms with Gasteiger partial charge in [0.1, 0.15) is 9.97 Å². The van der Waals surface area contributed by atoms with E-state index in [1.807, 2.05) is 0 Å². The first-order valence-corrected chi connectivity index (χ1v) is 10.8. The van der Waals surface area contributed by atoms with Gasteiger partial charge in [-0.05, 0) is 49.1 Å². The third-order valence-corrected chi connectivity index (χ3v) is 7.80. The zero-order valence-corrected chi connectivity index (χ0v) is 16.2. The number of carbonyl (C=O) groups is 1. The second kappa shape index (κ2) is 8.20. The molecule has 1 fully saturated rings. The maximum atomic E-state index is 12.7. The first-order chi connectivity index (χ1) is 12.4. The standard InChI is InChI=1S/C18H22N2O4S2/c1-14-8-10-20(11-9-14)26(22,23)18-7-5-16(25-18)13-19-17(21)6-4-15-3-2-12-24-15/h2-7,12,14H,8-11,13H2,1H3,(H,19,21). The minimum Gasteiger partial charge on any atom is -0.465 e. The summed E-state index contributed by atoms with van der Waals surface area (Å²) in [5.41, 5.74) is 0. The molecule has 26 heavy (non-hydrogen) atoms. The molecule has 1 N–H and O–H groups in total. The molecule has 0 unspecified atom stereocenters. The molecule has 6 nitrogen and oxygen atoms in total. The molecular formula is C18H22N2O4S2. The third kappa shape index (κ3) is 4.63. The van der Waals surface area contributed by atoms with Crippen molar-refractivity contribution in [1.82, 2.24) is 9.62 Å². The van der Waals surface area contributed by atoms with Crippen molar-refractivity contribution < 1.29 is 17.6 Å². The van der Waals surface area contributed by atoms with Gasteiger partial charge in [0, 0.05) is 24.0 Å². The Hall–Kier alpha value is -1.90. The summed E-state index contributed by atoms with van der Waals surface area (Å²) in [4.78, 5) is 12.6. The number of hydrogen-bond donors (Lipinski definition) is 1. The van der Waals surface area contributed by atoms with Gasteiger partial charge in [-0.2, -0.15) is 4.31 Å². The van der Waals surface area contributed by atoms with Crippen LogP contribution in [0, 0.1) is 5.92 Å². The Morgan fingerprint density at radius 3 is 2.81 bits per heavy atom. The average Bonchev–Trinajstić information content (AvgIpc) is 3.30. The third-order valence-electron chi connectivity index (χ3n) is 4.35. The van der Waals surface area contributed by atoms with Gasteiger partial charge >= 0.3 is 0 Å². The molecule has 0 saturated carbocycles. The minimum absolute atomic E-state index is 0.260. The first-order valence-electron chi connectivity index (χ1n) is 8.53. The molecule has 1 aliphatic heterocycles. The van der Waals surface area contributed by atoms with E-state index in [2.05, 4.69) is 12.2 Å². The van der Waals surface area contributed by atoms with E-state index in [-0.39, 0.29) is 5.91 Å². The lowest BCUT2D eigenvalue weighted by molar-refractivity contribution is -0.116. The van der Waals surface area contributed by atoms with Gasteiger partial charge in [0.15, 0.2) is 0 Å². The molecule has 2 aromatic heterocycles. The number of carbonyl (C=O) groups excluding carboxylic acids is 1. The van der Waals surface area contributed by atoms with Crippen LogP contribution >= 0.6 is 11.3 Å². The van der Waals surface area contributed by atoms with Gasteiger partial charge in [-0.1, -0.05) is 6.92 Å². The van der Waals surface area contributed by atoms with Crippen LogP contribution in [0.1, 0.15) is 30.4 Å². The Balaban J connectivity index is 1.56. The van der Waals surface area contributed by atoms with Crippen LogP contribution in [0.2, 0.25) is 0 Å². The van der Waals surface area contributed by atoms with Gasteiger partial charge in [-0.15, -0.1) is 11.3 Å². The zero-order valence-electron chi connectivity index (χ0n) is 14.6. The smallest absolute Gasteiger partial charge is 0.252 e. The highest BCUT2D eigenvalue weighted by atomic mass is 32.2. The Bertz CT molecular complexity index is 861. The highest BCUT2D eigenvalue weighted by Crippen LogP contribution is 2.28. The molecule has 0 radical (unpaired) electrons. The maximum absolute atomic E-state index is 12.7. The van der Waals surface area contributed by atoms with Crippen LogP contribution in [-0.4, -0.2) is 31.7 Å². The van der Waals surface area contributed by atoms with E-state index >= 15 is 0 Å². The molecule has 140 valence electrons. The summed E-state index contributed by atoms with van der Waals surface area (Å²) in [6, 6.07) is 6.87. The average molecular weight is 395 g/mol. The second-order valence-electron chi connectivity index (χ2n) is 6.37. The second-order valence-corrected chi connectivity index (χ2v) is 9.71. The van der Waals surface area contributed by atoms with Crippen LogP contribution in [0.5, 0.6) is 0 Å². The van der Waals surface area contributed by atoms with Crippen molar-refractivity contribution in [2.24, 2.45) is 5.92 Å². The van der Waals surface area contributed by atoms with Gasteiger partial charge in [0.2, 0.25) is 5.91 Å². The highest BCUT2D eigenvalue weighted by molar-refractivity contribution is 7.91. The molecular weight excluding hydrogens is 372 g/mol. The van der Waals surface area contributed by atoms with E-state index in [1.165, 1.54) is 23.7 Å². The van der Waals surface area contributed by atoms with Crippen molar-refractivity contribution in [3.63, 3.8) is 0 Å². The van der Waals surface area contributed by atoms with E-state index in [9.17, 15) is 13.2 Å². The summed E-state index contributed by atoms with van der Waals surface area (Å²) in [7, 11) is -3.43. The van der Waals surface area contributed by atoms with Crippen LogP contribution in [0.4, 0.5) is 0 Å². The predicted molar refractivity (Wildman–Crippen MR) is 101 cm³/mol. The van der Waals surface area contributed by atoms with Gasteiger partial charge in [-0.3, -0.25) is 4.79 Å². The molecule has 0 spiro atoms. The number of hydrogen-bond acceptors (Lipinski definition) is 5. The van der Waals surface area contributed by atoms with Crippen LogP contribution < -0.4 is 5.32 Å². The summed E-state index contributed by atoms with van der Waals surface area (Å²) in [5.74, 6) is 0.912. The minimum atomic E-state index is -3.43. The molecule has 0 bridgehead atoms. The number of piperidine rings is 1. The molecule has 0 atom stereocenters. The van der Waals surface area contributed by atoms with Crippen molar-refractivity contribution in [3.05, 3.63) is 47.2 Å². The molecule has 8 heteroatoms. The molecule has 1 saturated heterocycles. The summed E-state index contributed by atoms with van der Waals surface area (Å²) < 4.78 is 32.4. The topological polar surface area (TPSA) is 79.6 Å². The van der Waals surface area contributed by atoms with Crippen LogP contribution in [0.25, 0.3) is 6.08 Å². The number of thiophene rings is 1. The monoisotopic (exact) mass is 394 g/mol. The van der Waals surface area contributed by atoms with Gasteiger partial charge in [0.05, 0.1) is 12.8 Å². The number of amides is 1. The van der Waals surface area contributed by atoms with Crippen LogP contribution in [-0.2, 0) is 21.4 Å². The van der Waals surface area contributed by atoms with Crippen molar-refractivity contribution in [3.8, 4) is 0 Å². The van der Waals surface area contributed by atoms with E-state index in [0.717, 1.165) is 17.7 Å². The quantitative estimate of drug-likeness (QED) is 0.764. The molecule has 0 aromatic carbocycles. The van der Waals surface area contributed by atoms with Crippen molar-refractivity contribution >= 4 is 33.3 Å². The zero-order chi connectivity index (χ0) is 18.6. The predicted octanol–water partition coefficient (Wildman–Crippen LogP) is 3.09. The summed E-state index contributed by atoms with van der Waals surface area (Å²) in [6.07, 6.45) is 6.30. The van der Waals surface area contributed by atoms with Gasteiger partial charge < -0.3 is 9.73 Å². The summed E-state index contributed by atoms with van der Waals surface area (Å²) in [6.45, 7) is 3.59. The lowest BCUT2D eigenvalue weighted by Crippen LogP contribution is -2.37. The molecule has 0 aliphatic carbocycles. The highest BCUT2D eigenvalue weighted by Gasteiger charge is 2.29. The van der Waals surface area contributed by atoms with E-state index in [0.29, 0.717) is 35.5 Å². The van der Waals surface area contributed by atoms with E-state index < -0.39 is 10.0 Å². The molecule has 1 aliphatic rings. The molecule has 3 heterocycles. The Morgan fingerprint density at radius 1 is 1.35 bits per heavy atom.